The number of fused-ring (bicyclic) bond motifs is 5. The summed E-state index contributed by atoms with van der Waals surface area (Å²) in [7, 11) is 0. The van der Waals surface area contributed by atoms with Crippen LogP contribution in [0, 0.1) is 49.4 Å². The van der Waals surface area contributed by atoms with Crippen molar-refractivity contribution in [2.45, 2.75) is 6.18 Å². The number of carbonyl (C=O) groups is 1. The normalized spacial score (nSPS) is 11.0. The Hall–Kier alpha value is -2.15. The van der Waals surface area contributed by atoms with Gasteiger partial charge in [-0.05, 0) is 24.3 Å². The summed E-state index contributed by atoms with van der Waals surface area (Å²) in [6, 6.07) is 18.8. The summed E-state index contributed by atoms with van der Waals surface area (Å²) < 4.78 is 42.3. The number of nitrogens with zero attached hydrogens (tertiary/aromatic N) is 1. The zero-order chi connectivity index (χ0) is 21.9. The van der Waals surface area contributed by atoms with Crippen molar-refractivity contribution < 1.29 is 83.4 Å². The number of para-hydroxylation sites is 1. The molecule has 0 aliphatic rings. The number of hydrogen-bond donors (Lipinski definition) is 1. The quantitative estimate of drug-likeness (QED) is 0.296. The van der Waals surface area contributed by atoms with Crippen LogP contribution in [0.1, 0.15) is 10.4 Å². The van der Waals surface area contributed by atoms with Crippen LogP contribution in [0.15, 0.2) is 71.5 Å². The molecule has 0 spiro atoms. The first kappa shape index (κ1) is 28.1. The number of alkyl halides is 3. The smallest absolute Gasteiger partial charge is 0.455 e. The summed E-state index contributed by atoms with van der Waals surface area (Å²) in [6.45, 7) is 0. The molecule has 0 amide bonds. The Bertz CT molecular complexity index is 1580. The second-order valence-corrected chi connectivity index (χ2v) is 8.02. The van der Waals surface area contributed by atoms with Crippen molar-refractivity contribution in [2.75, 3.05) is 0 Å². The monoisotopic (exact) mass is 628 g/mol. The second kappa shape index (κ2) is 10.2. The van der Waals surface area contributed by atoms with Gasteiger partial charge >= 0.3 is 6.18 Å². The molecule has 6 nitrogen and oxygen atoms in total. The first-order valence-electron chi connectivity index (χ1n) is 9.18. The molecule has 0 saturated heterocycles. The maximum atomic E-state index is 13.2. The van der Waals surface area contributed by atoms with Crippen LogP contribution in [0.2, 0.25) is 0 Å². The Morgan fingerprint density at radius 1 is 0.853 bits per heavy atom. The van der Waals surface area contributed by atoms with Crippen molar-refractivity contribution in [3.05, 3.63) is 82.6 Å². The zero-order valence-corrected chi connectivity index (χ0v) is 20.2. The number of ketones is 1. The molecule has 177 valence electrons. The van der Waals surface area contributed by atoms with Crippen LogP contribution in [-0.4, -0.2) is 32.6 Å². The van der Waals surface area contributed by atoms with Gasteiger partial charge in [0.05, 0.1) is 10.2 Å². The van der Waals surface area contributed by atoms with Crippen LogP contribution < -0.4 is 5.56 Å². The van der Waals surface area contributed by atoms with Gasteiger partial charge in [-0.3, -0.25) is 14.2 Å². The minimum absolute atomic E-state index is 0. The Morgan fingerprint density at radius 3 is 2.09 bits per heavy atom. The maximum Gasteiger partial charge on any atom is 0.455 e. The van der Waals surface area contributed by atoms with Crippen LogP contribution in [0.3, 0.4) is 0 Å². The molecule has 0 unspecified atom stereocenters. The largest absolute Gasteiger partial charge is 0.506 e. The number of pyridine rings is 1. The predicted molar refractivity (Wildman–Crippen MR) is 122 cm³/mol. The molecule has 2 aromatic heterocycles. The first-order valence-corrected chi connectivity index (χ1v) is 9.99. The molecule has 11 heteroatoms. The predicted octanol–water partition coefficient (Wildman–Crippen LogP) is 4.16. The molecule has 0 bridgehead atoms. The summed E-state index contributed by atoms with van der Waals surface area (Å²) in [5.74, 6) is -3.34. The topological polar surface area (TPSA) is 122 Å². The standard InChI is InChI=1S/C23H12F3NO3S.Eu.2H2O/c24-23(25,26)21(29)17-19(28)15-11-10-14-13-8-4-5-9-16(13)31-20(14)18(15)27(22(17)30)12-6-2-1-3-7-12;;;/h1-11,28H;;2*1H2. The summed E-state index contributed by atoms with van der Waals surface area (Å²) in [5, 5.41) is 12.4. The van der Waals surface area contributed by atoms with Crippen LogP contribution in [0.4, 0.5) is 13.2 Å². The molecule has 0 atom stereocenters. The van der Waals surface area contributed by atoms with Gasteiger partial charge in [-0.25, -0.2) is 0 Å². The van der Waals surface area contributed by atoms with E-state index in [-0.39, 0.29) is 71.2 Å². The average molecular weight is 627 g/mol. The average Bonchev–Trinajstić information content (AvgIpc) is 3.13. The zero-order valence-electron chi connectivity index (χ0n) is 17.0. The van der Waals surface area contributed by atoms with Crippen molar-refractivity contribution in [3.63, 3.8) is 0 Å². The maximum absolute atomic E-state index is 13.2. The molecule has 34 heavy (non-hydrogen) atoms. The molecule has 0 aliphatic heterocycles. The van der Waals surface area contributed by atoms with Gasteiger partial charge in [0.25, 0.3) is 11.3 Å². The second-order valence-electron chi connectivity index (χ2n) is 6.96. The minimum atomic E-state index is -5.31. The first-order chi connectivity index (χ1) is 14.8. The fourth-order valence-corrected chi connectivity index (χ4v) is 5.05. The third kappa shape index (κ3) is 4.32. The van der Waals surface area contributed by atoms with Gasteiger partial charge in [0.1, 0.15) is 11.3 Å². The van der Waals surface area contributed by atoms with E-state index in [1.165, 1.54) is 17.4 Å². The molecule has 3 aromatic carbocycles. The molecule has 0 fully saturated rings. The van der Waals surface area contributed by atoms with Crippen molar-refractivity contribution in [1.29, 1.82) is 0 Å². The van der Waals surface area contributed by atoms with E-state index in [0.717, 1.165) is 20.0 Å². The van der Waals surface area contributed by atoms with E-state index >= 15 is 0 Å². The fourth-order valence-electron chi connectivity index (χ4n) is 3.81. The Kier molecular flexibility index (Phi) is 8.45. The molecule has 5 rings (SSSR count). The molecule has 5 aromatic rings. The van der Waals surface area contributed by atoms with Gasteiger partial charge in [-0.2, -0.15) is 13.2 Å². The van der Waals surface area contributed by atoms with Crippen LogP contribution in [0.25, 0.3) is 36.8 Å². The molecule has 0 aliphatic carbocycles. The number of thiophene rings is 1. The molecule has 1 radical (unpaired) electrons. The number of rotatable bonds is 2. The van der Waals surface area contributed by atoms with Gasteiger partial charge in [0, 0.05) is 75.9 Å². The molecule has 5 N–H and O–H groups in total. The van der Waals surface area contributed by atoms with E-state index in [1.807, 2.05) is 24.3 Å². The van der Waals surface area contributed by atoms with Gasteiger partial charge in [0.15, 0.2) is 0 Å². The number of halogens is 3. The molecular weight excluding hydrogens is 611 g/mol. The van der Waals surface area contributed by atoms with E-state index in [1.54, 1.807) is 36.4 Å². The van der Waals surface area contributed by atoms with Gasteiger partial charge in [-0.1, -0.05) is 42.5 Å². The third-order valence-electron chi connectivity index (χ3n) is 5.15. The van der Waals surface area contributed by atoms with E-state index in [0.29, 0.717) is 10.4 Å². The van der Waals surface area contributed by atoms with Crippen molar-refractivity contribution >= 4 is 48.2 Å². The van der Waals surface area contributed by atoms with Crippen LogP contribution in [-0.2, 0) is 0 Å². The number of Topliss-reactive ketones (excluding diaryl/α,β-unsaturated/α-hetero) is 1. The van der Waals surface area contributed by atoms with Gasteiger partial charge < -0.3 is 16.1 Å². The number of hydrogen-bond acceptors (Lipinski definition) is 4. The Balaban J connectivity index is 0.00000136. The van der Waals surface area contributed by atoms with E-state index in [2.05, 4.69) is 0 Å². The number of aromatic hydroxyl groups is 1. The summed E-state index contributed by atoms with van der Waals surface area (Å²) in [6.07, 6.45) is -5.31. The van der Waals surface area contributed by atoms with E-state index in [4.69, 9.17) is 0 Å². The van der Waals surface area contributed by atoms with Gasteiger partial charge in [-0.15, -0.1) is 11.3 Å². The number of aromatic nitrogens is 1. The third-order valence-corrected chi connectivity index (χ3v) is 6.35. The van der Waals surface area contributed by atoms with Crippen LogP contribution in [0.5, 0.6) is 5.75 Å². The molecule has 2 heterocycles. The summed E-state index contributed by atoms with van der Waals surface area (Å²) in [4.78, 5) is 25.3. The minimum Gasteiger partial charge on any atom is -0.506 e. The summed E-state index contributed by atoms with van der Waals surface area (Å²) >= 11 is 1.36. The number of benzene rings is 3. The SMILES string of the molecule is O.O.O=C(c1c(O)c2ccc3c4ccccc4sc3c2n(-c2ccccc2)c1=O)C(F)(F)F.[Eu]. The molecular formula is C23H16EuF3NO5S. The van der Waals surface area contributed by atoms with E-state index < -0.39 is 28.8 Å². The van der Waals surface area contributed by atoms with Crippen molar-refractivity contribution in [2.24, 2.45) is 0 Å². The van der Waals surface area contributed by atoms with Crippen molar-refractivity contribution in [3.8, 4) is 11.4 Å². The van der Waals surface area contributed by atoms with Gasteiger partial charge in [0.2, 0.25) is 0 Å². The van der Waals surface area contributed by atoms with Crippen LogP contribution >= 0.6 is 11.3 Å². The molecule has 0 saturated carbocycles. The fraction of sp³-hybridized carbons (Fsp3) is 0.0435. The summed E-state index contributed by atoms with van der Waals surface area (Å²) in [5.41, 5.74) is -1.96. The Morgan fingerprint density at radius 2 is 1.44 bits per heavy atom. The van der Waals surface area contributed by atoms with Crippen molar-refractivity contribution in [1.82, 2.24) is 4.57 Å². The Labute approximate surface area is 234 Å². The van der Waals surface area contributed by atoms with E-state index in [9.17, 15) is 27.9 Å². The number of carbonyl (C=O) groups excluding carboxylic acids is 1.